The minimum atomic E-state index is -0.175. The molecule has 1 N–H and O–H groups in total. The summed E-state index contributed by atoms with van der Waals surface area (Å²) >= 11 is 0. The summed E-state index contributed by atoms with van der Waals surface area (Å²) in [6, 6.07) is 13.5. The Bertz CT molecular complexity index is 950. The fourth-order valence-corrected chi connectivity index (χ4v) is 3.63. The van der Waals surface area contributed by atoms with E-state index in [2.05, 4.69) is 41.2 Å². The van der Waals surface area contributed by atoms with E-state index in [4.69, 9.17) is 0 Å². The zero-order chi connectivity index (χ0) is 16.7. The third kappa shape index (κ3) is 2.45. The van der Waals surface area contributed by atoms with Crippen molar-refractivity contribution in [2.45, 2.75) is 26.8 Å². The van der Waals surface area contributed by atoms with Crippen molar-refractivity contribution < 1.29 is 4.39 Å². The van der Waals surface area contributed by atoms with Gasteiger partial charge in [0.05, 0.1) is 5.52 Å². The summed E-state index contributed by atoms with van der Waals surface area (Å²) < 4.78 is 16.3. The summed E-state index contributed by atoms with van der Waals surface area (Å²) in [6.07, 6.45) is 3.11. The van der Waals surface area contributed by atoms with E-state index in [0.29, 0.717) is 5.56 Å². The molecule has 3 aromatic rings. The Balaban J connectivity index is 1.94. The number of nitrogens with zero attached hydrogens (tertiary/aromatic N) is 1. The molecule has 0 amide bonds. The summed E-state index contributed by atoms with van der Waals surface area (Å²) in [5.41, 5.74) is 6.77. The smallest absolute Gasteiger partial charge is 0.130 e. The molecule has 4 rings (SSSR count). The predicted octanol–water partition coefficient (Wildman–Crippen LogP) is 4.75. The number of aromatic nitrogens is 1. The SMILES string of the molecule is CC(=Cn1c2c(c3cc(C)ccc31)CCNC2)c1ccccc1F. The van der Waals surface area contributed by atoms with Crippen LogP contribution in [0.15, 0.2) is 42.5 Å². The Morgan fingerprint density at radius 2 is 2.04 bits per heavy atom. The molecule has 0 atom stereocenters. The molecule has 122 valence electrons. The van der Waals surface area contributed by atoms with Crippen LogP contribution in [0.1, 0.15) is 29.3 Å². The summed E-state index contributed by atoms with van der Waals surface area (Å²) in [6.45, 7) is 5.96. The molecule has 1 aromatic heterocycles. The highest BCUT2D eigenvalue weighted by Crippen LogP contribution is 2.31. The zero-order valence-electron chi connectivity index (χ0n) is 14.1. The highest BCUT2D eigenvalue weighted by molar-refractivity contribution is 5.90. The van der Waals surface area contributed by atoms with Gasteiger partial charge in [-0.25, -0.2) is 4.39 Å². The number of rotatable bonds is 2. The first kappa shape index (κ1) is 15.2. The van der Waals surface area contributed by atoms with Crippen LogP contribution in [0.25, 0.3) is 22.7 Å². The minimum absolute atomic E-state index is 0.175. The molecule has 1 aliphatic heterocycles. The van der Waals surface area contributed by atoms with Crippen molar-refractivity contribution in [3.63, 3.8) is 0 Å². The summed E-state index contributed by atoms with van der Waals surface area (Å²) in [7, 11) is 0. The maximum Gasteiger partial charge on any atom is 0.130 e. The van der Waals surface area contributed by atoms with Gasteiger partial charge < -0.3 is 9.88 Å². The minimum Gasteiger partial charge on any atom is -0.318 e. The molecule has 2 aromatic carbocycles. The number of aryl methyl sites for hydroxylation is 1. The van der Waals surface area contributed by atoms with Crippen molar-refractivity contribution in [1.29, 1.82) is 0 Å². The van der Waals surface area contributed by atoms with Gasteiger partial charge in [-0.2, -0.15) is 0 Å². The van der Waals surface area contributed by atoms with Crippen LogP contribution >= 0.6 is 0 Å². The fourth-order valence-electron chi connectivity index (χ4n) is 3.63. The van der Waals surface area contributed by atoms with Crippen LogP contribution in [0.4, 0.5) is 4.39 Å². The molecule has 3 heteroatoms. The zero-order valence-corrected chi connectivity index (χ0v) is 14.1. The highest BCUT2D eigenvalue weighted by atomic mass is 19.1. The topological polar surface area (TPSA) is 17.0 Å². The van der Waals surface area contributed by atoms with Crippen LogP contribution in [-0.2, 0) is 13.0 Å². The summed E-state index contributed by atoms with van der Waals surface area (Å²) in [4.78, 5) is 0. The van der Waals surface area contributed by atoms with Crippen molar-refractivity contribution in [2.24, 2.45) is 0 Å². The molecular weight excluding hydrogens is 299 g/mol. The normalized spacial score (nSPS) is 14.9. The van der Waals surface area contributed by atoms with Crippen molar-refractivity contribution >= 4 is 22.7 Å². The number of benzene rings is 2. The standard InChI is InChI=1S/C21H21FN2/c1-14-7-8-20-18(11-14)17-9-10-23-12-21(17)24(20)13-15(2)16-5-3-4-6-19(16)22/h3-8,11,13,23H,9-10,12H2,1-2H3. The van der Waals surface area contributed by atoms with Gasteiger partial charge in [0, 0.05) is 29.4 Å². The second-order valence-corrected chi connectivity index (χ2v) is 6.53. The van der Waals surface area contributed by atoms with Crippen molar-refractivity contribution in [3.8, 4) is 0 Å². The van der Waals surface area contributed by atoms with E-state index in [1.54, 1.807) is 6.07 Å². The Morgan fingerprint density at radius 1 is 1.21 bits per heavy atom. The molecule has 0 radical (unpaired) electrons. The van der Waals surface area contributed by atoms with Gasteiger partial charge >= 0.3 is 0 Å². The molecule has 0 fully saturated rings. The maximum absolute atomic E-state index is 14.1. The summed E-state index contributed by atoms with van der Waals surface area (Å²) in [5.74, 6) is -0.175. The molecule has 1 aliphatic rings. The van der Waals surface area contributed by atoms with Crippen molar-refractivity contribution in [2.75, 3.05) is 6.54 Å². The number of fused-ring (bicyclic) bond motifs is 3. The average molecular weight is 320 g/mol. The van der Waals surface area contributed by atoms with E-state index >= 15 is 0 Å². The lowest BCUT2D eigenvalue weighted by Gasteiger charge is -2.16. The average Bonchev–Trinajstić information content (AvgIpc) is 2.89. The van der Waals surface area contributed by atoms with Gasteiger partial charge in [0.2, 0.25) is 0 Å². The molecule has 2 heterocycles. The predicted molar refractivity (Wildman–Crippen MR) is 98.3 cm³/mol. The second kappa shape index (κ2) is 5.91. The van der Waals surface area contributed by atoms with Crippen LogP contribution in [0.5, 0.6) is 0 Å². The van der Waals surface area contributed by atoms with E-state index in [9.17, 15) is 4.39 Å². The Hall–Kier alpha value is -2.39. The van der Waals surface area contributed by atoms with Crippen LogP contribution in [0.3, 0.4) is 0 Å². The van der Waals surface area contributed by atoms with Crippen LogP contribution in [-0.4, -0.2) is 11.1 Å². The lowest BCUT2D eigenvalue weighted by molar-refractivity contribution is 0.623. The molecule has 0 unspecified atom stereocenters. The first-order chi connectivity index (χ1) is 11.6. The van der Waals surface area contributed by atoms with E-state index in [1.165, 1.54) is 33.8 Å². The first-order valence-corrected chi connectivity index (χ1v) is 8.41. The van der Waals surface area contributed by atoms with Crippen molar-refractivity contribution in [3.05, 3.63) is 70.7 Å². The fraction of sp³-hybridized carbons (Fsp3) is 0.238. The molecule has 0 saturated carbocycles. The number of halogens is 1. The lowest BCUT2D eigenvalue weighted by Crippen LogP contribution is -2.24. The van der Waals surface area contributed by atoms with Gasteiger partial charge in [0.1, 0.15) is 5.82 Å². The second-order valence-electron chi connectivity index (χ2n) is 6.53. The van der Waals surface area contributed by atoms with Gasteiger partial charge in [-0.3, -0.25) is 0 Å². The number of hydrogen-bond acceptors (Lipinski definition) is 1. The largest absolute Gasteiger partial charge is 0.318 e. The summed E-state index contributed by atoms with van der Waals surface area (Å²) in [5, 5.41) is 4.78. The van der Waals surface area contributed by atoms with Gasteiger partial charge in [0.25, 0.3) is 0 Å². The molecule has 0 aliphatic carbocycles. The number of hydrogen-bond donors (Lipinski definition) is 1. The number of nitrogens with one attached hydrogen (secondary N) is 1. The van der Waals surface area contributed by atoms with Gasteiger partial charge in [-0.15, -0.1) is 0 Å². The van der Waals surface area contributed by atoms with E-state index in [0.717, 1.165) is 25.1 Å². The van der Waals surface area contributed by atoms with E-state index in [-0.39, 0.29) is 5.82 Å². The molecular formula is C21H21FN2. The van der Waals surface area contributed by atoms with Crippen molar-refractivity contribution in [1.82, 2.24) is 9.88 Å². The Labute approximate surface area is 141 Å². The molecule has 0 spiro atoms. The van der Waals surface area contributed by atoms with E-state index < -0.39 is 0 Å². The van der Waals surface area contributed by atoms with Gasteiger partial charge in [0.15, 0.2) is 0 Å². The monoisotopic (exact) mass is 320 g/mol. The van der Waals surface area contributed by atoms with E-state index in [1.807, 2.05) is 19.1 Å². The Morgan fingerprint density at radius 3 is 2.88 bits per heavy atom. The maximum atomic E-state index is 14.1. The first-order valence-electron chi connectivity index (χ1n) is 8.41. The van der Waals surface area contributed by atoms with Crippen LogP contribution in [0.2, 0.25) is 0 Å². The molecule has 0 saturated heterocycles. The molecule has 0 bridgehead atoms. The third-order valence-electron chi connectivity index (χ3n) is 4.84. The molecule has 24 heavy (non-hydrogen) atoms. The molecule has 2 nitrogen and oxygen atoms in total. The lowest BCUT2D eigenvalue weighted by atomic mass is 10.0. The van der Waals surface area contributed by atoms with Gasteiger partial charge in [-0.05, 0) is 56.1 Å². The highest BCUT2D eigenvalue weighted by Gasteiger charge is 2.19. The Kier molecular flexibility index (Phi) is 3.73. The van der Waals surface area contributed by atoms with Crippen LogP contribution < -0.4 is 5.32 Å². The van der Waals surface area contributed by atoms with Crippen LogP contribution in [0, 0.1) is 12.7 Å². The van der Waals surface area contributed by atoms with Gasteiger partial charge in [-0.1, -0.05) is 29.8 Å². The third-order valence-corrected chi connectivity index (χ3v) is 4.84. The quantitative estimate of drug-likeness (QED) is 0.721. The number of allylic oxidation sites excluding steroid dienone is 1.